The lowest BCUT2D eigenvalue weighted by atomic mass is 10.4. The smallest absolute Gasteiger partial charge is 0.277 e. The molecule has 0 amide bonds. The van der Waals surface area contributed by atoms with Crippen LogP contribution in [0.5, 0.6) is 0 Å². The zero-order valence-corrected chi connectivity index (χ0v) is 13.7. The Kier molecular flexibility index (Phi) is 3.86. The van der Waals surface area contributed by atoms with Crippen molar-refractivity contribution >= 4 is 34.4 Å². The van der Waals surface area contributed by atoms with E-state index in [1.807, 2.05) is 20.8 Å². The van der Waals surface area contributed by atoms with Gasteiger partial charge in [-0.25, -0.2) is 9.97 Å². The molecule has 0 aliphatic heterocycles. The first-order chi connectivity index (χ1) is 9.61. The van der Waals surface area contributed by atoms with Crippen molar-refractivity contribution in [2.75, 3.05) is 0 Å². The quantitative estimate of drug-likeness (QED) is 0.679. The van der Waals surface area contributed by atoms with Crippen LogP contribution in [0, 0.1) is 20.8 Å². The molecule has 0 bridgehead atoms. The highest BCUT2D eigenvalue weighted by Gasteiger charge is 2.15. The third-order valence-electron chi connectivity index (χ3n) is 2.51. The molecule has 5 nitrogen and oxygen atoms in total. The van der Waals surface area contributed by atoms with E-state index in [1.54, 1.807) is 22.7 Å². The monoisotopic (exact) mass is 324 g/mol. The van der Waals surface area contributed by atoms with Crippen molar-refractivity contribution in [3.05, 3.63) is 26.8 Å². The predicted molar refractivity (Wildman–Crippen MR) is 81.3 cm³/mol. The molecule has 0 N–H and O–H groups in total. The first-order valence-corrected chi connectivity index (χ1v) is 8.61. The lowest BCUT2D eigenvalue weighted by Gasteiger charge is -1.92. The molecule has 104 valence electrons. The van der Waals surface area contributed by atoms with Gasteiger partial charge in [-0.15, -0.1) is 32.9 Å². The van der Waals surface area contributed by atoms with Gasteiger partial charge in [-0.05, 0) is 20.8 Å². The number of aromatic nitrogens is 4. The standard InChI is InChI=1S/C12H12N4OS3/c1-6-10(20-8(3)13-6)11-15-16-12(17-11)19-5-9-4-18-7(2)14-9/h4H,5H2,1-3H3. The second kappa shape index (κ2) is 5.63. The molecule has 20 heavy (non-hydrogen) atoms. The van der Waals surface area contributed by atoms with Crippen LogP contribution in [0.4, 0.5) is 0 Å². The summed E-state index contributed by atoms with van der Waals surface area (Å²) >= 11 is 4.72. The van der Waals surface area contributed by atoms with Crippen LogP contribution in [-0.4, -0.2) is 20.2 Å². The minimum absolute atomic E-state index is 0.546. The molecule has 0 spiro atoms. The van der Waals surface area contributed by atoms with E-state index in [4.69, 9.17) is 4.42 Å². The molecule has 0 unspecified atom stereocenters. The Morgan fingerprint density at radius 2 is 2.00 bits per heavy atom. The second-order valence-corrected chi connectivity index (χ2v) is 7.36. The van der Waals surface area contributed by atoms with E-state index in [2.05, 4.69) is 25.5 Å². The largest absolute Gasteiger partial charge is 0.410 e. The Balaban J connectivity index is 1.72. The zero-order chi connectivity index (χ0) is 14.1. The van der Waals surface area contributed by atoms with Crippen molar-refractivity contribution in [1.29, 1.82) is 0 Å². The number of aryl methyl sites for hydroxylation is 3. The normalized spacial score (nSPS) is 11.2. The van der Waals surface area contributed by atoms with Crippen molar-refractivity contribution < 1.29 is 4.42 Å². The van der Waals surface area contributed by atoms with Crippen LogP contribution < -0.4 is 0 Å². The van der Waals surface area contributed by atoms with Gasteiger partial charge in [0.15, 0.2) is 0 Å². The topological polar surface area (TPSA) is 64.7 Å². The Morgan fingerprint density at radius 1 is 1.15 bits per heavy atom. The van der Waals surface area contributed by atoms with Crippen LogP contribution in [0.25, 0.3) is 10.8 Å². The molecule has 0 radical (unpaired) electrons. The van der Waals surface area contributed by atoms with Crippen molar-refractivity contribution in [2.24, 2.45) is 0 Å². The van der Waals surface area contributed by atoms with Gasteiger partial charge >= 0.3 is 0 Å². The van der Waals surface area contributed by atoms with Gasteiger partial charge in [0.2, 0.25) is 0 Å². The first kappa shape index (κ1) is 13.7. The van der Waals surface area contributed by atoms with E-state index in [-0.39, 0.29) is 0 Å². The lowest BCUT2D eigenvalue weighted by molar-refractivity contribution is 0.466. The summed E-state index contributed by atoms with van der Waals surface area (Å²) in [7, 11) is 0. The molecule has 3 rings (SSSR count). The van der Waals surface area contributed by atoms with E-state index in [0.29, 0.717) is 11.1 Å². The molecule has 0 fully saturated rings. The molecule has 0 atom stereocenters. The van der Waals surface area contributed by atoms with Gasteiger partial charge in [-0.2, -0.15) is 0 Å². The van der Waals surface area contributed by atoms with Crippen LogP contribution in [-0.2, 0) is 5.75 Å². The van der Waals surface area contributed by atoms with Crippen LogP contribution in [0.3, 0.4) is 0 Å². The number of thioether (sulfide) groups is 1. The molecule has 3 aromatic heterocycles. The van der Waals surface area contributed by atoms with Gasteiger partial charge in [-0.3, -0.25) is 0 Å². The fourth-order valence-corrected chi connectivity index (χ4v) is 3.91. The summed E-state index contributed by atoms with van der Waals surface area (Å²) in [5.41, 5.74) is 1.98. The van der Waals surface area contributed by atoms with Gasteiger partial charge in [0.25, 0.3) is 11.1 Å². The van der Waals surface area contributed by atoms with Gasteiger partial charge in [-0.1, -0.05) is 11.8 Å². The molecule has 8 heteroatoms. The molecule has 3 heterocycles. The minimum Gasteiger partial charge on any atom is -0.410 e. The Labute approximate surface area is 128 Å². The maximum Gasteiger partial charge on any atom is 0.277 e. The van der Waals surface area contributed by atoms with Crippen molar-refractivity contribution in [1.82, 2.24) is 20.2 Å². The van der Waals surface area contributed by atoms with Crippen LogP contribution in [0.1, 0.15) is 21.4 Å². The first-order valence-electron chi connectivity index (χ1n) is 5.93. The van der Waals surface area contributed by atoms with Gasteiger partial charge in [0.1, 0.15) is 4.88 Å². The molecule has 0 aliphatic carbocycles. The highest BCUT2D eigenvalue weighted by Crippen LogP contribution is 2.31. The summed E-state index contributed by atoms with van der Waals surface area (Å²) in [4.78, 5) is 9.73. The Morgan fingerprint density at radius 3 is 2.65 bits per heavy atom. The number of thiazole rings is 2. The van der Waals surface area contributed by atoms with Crippen molar-refractivity contribution in [3.63, 3.8) is 0 Å². The van der Waals surface area contributed by atoms with Crippen LogP contribution >= 0.6 is 34.4 Å². The summed E-state index contributed by atoms with van der Waals surface area (Å²) in [5.74, 6) is 1.29. The van der Waals surface area contributed by atoms with E-state index in [9.17, 15) is 0 Å². The zero-order valence-electron chi connectivity index (χ0n) is 11.2. The maximum atomic E-state index is 5.68. The average Bonchev–Trinajstić information content (AvgIpc) is 3.08. The van der Waals surface area contributed by atoms with Crippen LogP contribution in [0.15, 0.2) is 15.0 Å². The Hall–Kier alpha value is -1.25. The summed E-state index contributed by atoms with van der Waals surface area (Å²) in [5, 5.41) is 12.9. The summed E-state index contributed by atoms with van der Waals surface area (Å²) < 4.78 is 5.68. The minimum atomic E-state index is 0.546. The predicted octanol–water partition coefficient (Wildman–Crippen LogP) is 3.87. The second-order valence-electron chi connectivity index (χ2n) is 4.17. The molecule has 3 aromatic rings. The van der Waals surface area contributed by atoms with Crippen molar-refractivity contribution in [2.45, 2.75) is 31.7 Å². The van der Waals surface area contributed by atoms with E-state index in [1.165, 1.54) is 11.8 Å². The van der Waals surface area contributed by atoms with E-state index in [0.717, 1.165) is 32.0 Å². The highest BCUT2D eigenvalue weighted by atomic mass is 32.2. The highest BCUT2D eigenvalue weighted by molar-refractivity contribution is 7.98. The molecule has 0 saturated carbocycles. The summed E-state index contributed by atoms with van der Waals surface area (Å²) in [6.45, 7) is 5.92. The Bertz CT molecular complexity index is 731. The SMILES string of the molecule is Cc1nc(CSc2nnc(-c3sc(C)nc3C)o2)cs1. The molecule has 0 aromatic carbocycles. The average molecular weight is 324 g/mol. The lowest BCUT2D eigenvalue weighted by Crippen LogP contribution is -1.80. The fourth-order valence-electron chi connectivity index (χ4n) is 1.70. The third kappa shape index (κ3) is 2.92. The summed E-state index contributed by atoms with van der Waals surface area (Å²) in [6.07, 6.45) is 0. The third-order valence-corrected chi connectivity index (χ3v) is 5.25. The maximum absolute atomic E-state index is 5.68. The van der Waals surface area contributed by atoms with Gasteiger partial charge < -0.3 is 4.42 Å². The molecule has 0 saturated heterocycles. The fraction of sp³-hybridized carbons (Fsp3) is 0.333. The van der Waals surface area contributed by atoms with Gasteiger partial charge in [0, 0.05) is 11.1 Å². The molecule has 0 aliphatic rings. The van der Waals surface area contributed by atoms with Crippen molar-refractivity contribution in [3.8, 4) is 10.8 Å². The van der Waals surface area contributed by atoms with Crippen LogP contribution in [0.2, 0.25) is 0 Å². The number of hydrogen-bond donors (Lipinski definition) is 0. The number of hydrogen-bond acceptors (Lipinski definition) is 8. The number of rotatable bonds is 4. The van der Waals surface area contributed by atoms with E-state index >= 15 is 0 Å². The molecular weight excluding hydrogens is 312 g/mol. The number of nitrogens with zero attached hydrogens (tertiary/aromatic N) is 4. The summed E-state index contributed by atoms with van der Waals surface area (Å²) in [6, 6.07) is 0. The van der Waals surface area contributed by atoms with E-state index < -0.39 is 0 Å². The molecular formula is C12H12N4OS3. The van der Waals surface area contributed by atoms with Gasteiger partial charge in [0.05, 0.1) is 21.4 Å².